The maximum Gasteiger partial charge on any atom is 0.433 e. The van der Waals surface area contributed by atoms with Crippen LogP contribution in [0.1, 0.15) is 11.3 Å². The molecule has 0 atom stereocenters. The molecule has 0 aliphatic carbocycles. The van der Waals surface area contributed by atoms with Gasteiger partial charge in [-0.15, -0.1) is 0 Å². The van der Waals surface area contributed by atoms with Crippen molar-refractivity contribution in [2.24, 2.45) is 0 Å². The topological polar surface area (TPSA) is 54.2 Å². The van der Waals surface area contributed by atoms with E-state index < -0.39 is 11.9 Å². The standard InChI is InChI=1S/C17H14ClF4N5/c18-13-6-15-25-12(17(20,21)22)5-14(27(15)26-13)24-9-16(7-23-8-16)10-1-3-11(19)4-2-10/h1-6,23-24H,7-9H2. The van der Waals surface area contributed by atoms with E-state index in [2.05, 4.69) is 20.7 Å². The molecule has 142 valence electrons. The zero-order chi connectivity index (χ0) is 19.2. The van der Waals surface area contributed by atoms with Crippen LogP contribution >= 0.6 is 11.6 Å². The third kappa shape index (κ3) is 3.32. The summed E-state index contributed by atoms with van der Waals surface area (Å²) in [4.78, 5) is 3.57. The van der Waals surface area contributed by atoms with Gasteiger partial charge in [0.25, 0.3) is 0 Å². The fourth-order valence-corrected chi connectivity index (χ4v) is 3.31. The molecule has 1 aliphatic heterocycles. The van der Waals surface area contributed by atoms with Gasteiger partial charge in [0, 0.05) is 37.2 Å². The van der Waals surface area contributed by atoms with Crippen molar-refractivity contribution in [2.75, 3.05) is 25.0 Å². The molecule has 3 aromatic rings. The van der Waals surface area contributed by atoms with Gasteiger partial charge < -0.3 is 10.6 Å². The number of fused-ring (bicyclic) bond motifs is 1. The van der Waals surface area contributed by atoms with E-state index in [0.717, 1.165) is 11.6 Å². The van der Waals surface area contributed by atoms with Gasteiger partial charge >= 0.3 is 6.18 Å². The normalized spacial score (nSPS) is 16.3. The zero-order valence-electron chi connectivity index (χ0n) is 13.8. The second-order valence-corrected chi connectivity index (χ2v) is 6.89. The zero-order valence-corrected chi connectivity index (χ0v) is 14.6. The molecule has 3 heterocycles. The van der Waals surface area contributed by atoms with Crippen molar-refractivity contribution in [3.8, 4) is 0 Å². The largest absolute Gasteiger partial charge is 0.433 e. The summed E-state index contributed by atoms with van der Waals surface area (Å²) < 4.78 is 53.9. The summed E-state index contributed by atoms with van der Waals surface area (Å²) in [6, 6.07) is 8.28. The van der Waals surface area contributed by atoms with Crippen molar-refractivity contribution in [2.45, 2.75) is 11.6 Å². The Hall–Kier alpha value is -2.39. The van der Waals surface area contributed by atoms with E-state index in [9.17, 15) is 17.6 Å². The quantitative estimate of drug-likeness (QED) is 0.659. The van der Waals surface area contributed by atoms with Crippen LogP contribution in [0.15, 0.2) is 36.4 Å². The highest BCUT2D eigenvalue weighted by Gasteiger charge is 2.39. The Bertz CT molecular complexity index is 979. The van der Waals surface area contributed by atoms with Crippen molar-refractivity contribution in [3.63, 3.8) is 0 Å². The van der Waals surface area contributed by atoms with Crippen LogP contribution in [-0.4, -0.2) is 34.2 Å². The smallest absolute Gasteiger partial charge is 0.369 e. The van der Waals surface area contributed by atoms with Crippen LogP contribution in [0.4, 0.5) is 23.4 Å². The first kappa shape index (κ1) is 18.0. The SMILES string of the molecule is Fc1ccc(C2(CNc3cc(C(F)(F)F)nc4cc(Cl)nn34)CNC2)cc1. The fraction of sp³-hybridized carbons (Fsp3) is 0.294. The molecule has 0 amide bonds. The molecule has 2 N–H and O–H groups in total. The number of anilines is 1. The summed E-state index contributed by atoms with van der Waals surface area (Å²) >= 11 is 5.83. The predicted octanol–water partition coefficient (Wildman–Crippen LogP) is 3.49. The van der Waals surface area contributed by atoms with E-state index in [1.54, 1.807) is 12.1 Å². The molecule has 10 heteroatoms. The highest BCUT2D eigenvalue weighted by molar-refractivity contribution is 6.29. The van der Waals surface area contributed by atoms with Crippen molar-refractivity contribution < 1.29 is 17.6 Å². The van der Waals surface area contributed by atoms with E-state index >= 15 is 0 Å². The second kappa shape index (κ2) is 6.35. The average Bonchev–Trinajstić information content (AvgIpc) is 2.94. The minimum absolute atomic E-state index is 0.000100. The van der Waals surface area contributed by atoms with Crippen LogP contribution in [0.5, 0.6) is 0 Å². The van der Waals surface area contributed by atoms with Gasteiger partial charge in [0.05, 0.1) is 0 Å². The third-order valence-electron chi connectivity index (χ3n) is 4.68. The molecule has 0 unspecified atom stereocenters. The number of alkyl halides is 3. The number of hydrogen-bond acceptors (Lipinski definition) is 4. The number of rotatable bonds is 4. The summed E-state index contributed by atoms with van der Waals surface area (Å²) in [6.07, 6.45) is -4.60. The Kier molecular flexibility index (Phi) is 4.23. The summed E-state index contributed by atoms with van der Waals surface area (Å²) in [7, 11) is 0. The Morgan fingerprint density at radius 2 is 1.89 bits per heavy atom. The molecule has 1 aromatic carbocycles. The molecule has 0 saturated carbocycles. The molecule has 4 rings (SSSR count). The molecule has 27 heavy (non-hydrogen) atoms. The number of nitrogens with zero attached hydrogens (tertiary/aromatic N) is 3. The van der Waals surface area contributed by atoms with Crippen molar-refractivity contribution in [3.05, 3.63) is 58.6 Å². The minimum atomic E-state index is -4.60. The van der Waals surface area contributed by atoms with E-state index in [-0.39, 0.29) is 27.9 Å². The van der Waals surface area contributed by atoms with Gasteiger partial charge in [-0.2, -0.15) is 22.8 Å². The number of hydrogen-bond donors (Lipinski definition) is 2. The second-order valence-electron chi connectivity index (χ2n) is 6.51. The predicted molar refractivity (Wildman–Crippen MR) is 92.4 cm³/mol. The number of aromatic nitrogens is 3. The molecule has 5 nitrogen and oxygen atoms in total. The molecule has 0 radical (unpaired) electrons. The van der Waals surface area contributed by atoms with Gasteiger partial charge in [-0.05, 0) is 17.7 Å². The Morgan fingerprint density at radius 3 is 2.48 bits per heavy atom. The van der Waals surface area contributed by atoms with Crippen LogP contribution < -0.4 is 10.6 Å². The number of nitrogens with one attached hydrogen (secondary N) is 2. The lowest BCUT2D eigenvalue weighted by Crippen LogP contribution is -2.60. The Balaban J connectivity index is 1.67. The lowest BCUT2D eigenvalue weighted by Gasteiger charge is -2.43. The average molecular weight is 400 g/mol. The lowest BCUT2D eigenvalue weighted by atomic mass is 9.75. The molecule has 2 aromatic heterocycles. The molecule has 1 fully saturated rings. The summed E-state index contributed by atoms with van der Waals surface area (Å²) in [5.74, 6) is -0.210. The van der Waals surface area contributed by atoms with Gasteiger partial charge in [-0.3, -0.25) is 0 Å². The van der Waals surface area contributed by atoms with E-state index in [4.69, 9.17) is 11.6 Å². The monoisotopic (exact) mass is 399 g/mol. The first-order chi connectivity index (χ1) is 12.8. The fourth-order valence-electron chi connectivity index (χ4n) is 3.14. The van der Waals surface area contributed by atoms with Crippen molar-refractivity contribution >= 4 is 23.1 Å². The summed E-state index contributed by atoms with van der Waals surface area (Å²) in [5, 5.41) is 10.2. The van der Waals surface area contributed by atoms with Gasteiger partial charge in [0.1, 0.15) is 11.6 Å². The maximum atomic E-state index is 13.2. The van der Waals surface area contributed by atoms with E-state index in [0.29, 0.717) is 19.6 Å². The molecule has 1 saturated heterocycles. The summed E-state index contributed by atoms with van der Waals surface area (Å²) in [5.41, 5.74) is -0.495. The van der Waals surface area contributed by atoms with Gasteiger partial charge in [-0.25, -0.2) is 9.37 Å². The van der Waals surface area contributed by atoms with Gasteiger partial charge in [0.2, 0.25) is 0 Å². The van der Waals surface area contributed by atoms with Crippen LogP contribution in [-0.2, 0) is 11.6 Å². The molecular formula is C17H14ClF4N5. The van der Waals surface area contributed by atoms with Gasteiger partial charge in [-0.1, -0.05) is 23.7 Å². The Morgan fingerprint density at radius 1 is 1.19 bits per heavy atom. The maximum absolute atomic E-state index is 13.2. The summed E-state index contributed by atoms with van der Waals surface area (Å²) in [6.45, 7) is 1.57. The van der Waals surface area contributed by atoms with Crippen LogP contribution in [0.3, 0.4) is 0 Å². The van der Waals surface area contributed by atoms with E-state index in [1.807, 2.05) is 0 Å². The molecular weight excluding hydrogens is 386 g/mol. The third-order valence-corrected chi connectivity index (χ3v) is 4.86. The first-order valence-corrected chi connectivity index (χ1v) is 8.49. The van der Waals surface area contributed by atoms with E-state index in [1.165, 1.54) is 22.7 Å². The lowest BCUT2D eigenvalue weighted by molar-refractivity contribution is -0.141. The first-order valence-electron chi connectivity index (χ1n) is 8.11. The van der Waals surface area contributed by atoms with Crippen molar-refractivity contribution in [1.82, 2.24) is 19.9 Å². The van der Waals surface area contributed by atoms with Crippen LogP contribution in [0, 0.1) is 5.82 Å². The number of halogens is 5. The highest BCUT2D eigenvalue weighted by Crippen LogP contribution is 2.32. The molecule has 1 aliphatic rings. The molecule has 0 bridgehead atoms. The molecule has 0 spiro atoms. The van der Waals surface area contributed by atoms with Gasteiger partial charge in [0.15, 0.2) is 16.5 Å². The number of benzene rings is 1. The Labute approximate surface area is 156 Å². The van der Waals surface area contributed by atoms with Crippen LogP contribution in [0.2, 0.25) is 5.15 Å². The van der Waals surface area contributed by atoms with Crippen molar-refractivity contribution in [1.29, 1.82) is 0 Å². The van der Waals surface area contributed by atoms with Crippen LogP contribution in [0.25, 0.3) is 5.65 Å². The highest BCUT2D eigenvalue weighted by atomic mass is 35.5. The minimum Gasteiger partial charge on any atom is -0.369 e.